The Morgan fingerprint density at radius 3 is 1.93 bits per heavy atom. The molecule has 0 aromatic rings. The van der Waals surface area contributed by atoms with Crippen molar-refractivity contribution in [1.29, 1.82) is 0 Å². The Morgan fingerprint density at radius 2 is 1.71 bits per heavy atom. The van der Waals surface area contributed by atoms with Crippen molar-refractivity contribution >= 4 is 11.9 Å². The second kappa shape index (κ2) is 3.51. The van der Waals surface area contributed by atoms with E-state index < -0.39 is 29.7 Å². The van der Waals surface area contributed by atoms with Crippen molar-refractivity contribution in [3.8, 4) is 0 Å². The van der Waals surface area contributed by atoms with Crippen LogP contribution in [-0.4, -0.2) is 32.6 Å². The molecule has 0 spiro atoms. The molecular formula is C8H10F2O4. The molecule has 1 saturated carbocycles. The smallest absolute Gasteiger partial charge is 0.323 e. The SMILES string of the molecule is COC(=O)C1(C(=O)OC)C[C@H]1C(F)F. The lowest BCUT2D eigenvalue weighted by Crippen LogP contribution is -2.31. The Balaban J connectivity index is 2.86. The first-order chi connectivity index (χ1) is 6.50. The zero-order chi connectivity index (χ0) is 10.9. The standard InChI is InChI=1S/C8H10F2O4/c1-13-6(11)8(7(12)14-2)3-4(8)5(9)10/h4-5H,3H2,1-2H3/t4-/m0/s1. The number of halogens is 2. The summed E-state index contributed by atoms with van der Waals surface area (Å²) in [7, 11) is 2.10. The van der Waals surface area contributed by atoms with E-state index in [1.165, 1.54) is 0 Å². The summed E-state index contributed by atoms with van der Waals surface area (Å²) in [5.41, 5.74) is -1.77. The summed E-state index contributed by atoms with van der Waals surface area (Å²) in [6.45, 7) is 0. The van der Waals surface area contributed by atoms with Crippen molar-refractivity contribution in [2.45, 2.75) is 12.8 Å². The van der Waals surface area contributed by atoms with Crippen LogP contribution < -0.4 is 0 Å². The van der Waals surface area contributed by atoms with Crippen molar-refractivity contribution in [2.24, 2.45) is 11.3 Å². The number of esters is 2. The number of carbonyl (C=O) groups is 2. The van der Waals surface area contributed by atoms with Crippen LogP contribution in [0.4, 0.5) is 8.78 Å². The van der Waals surface area contributed by atoms with Crippen molar-refractivity contribution in [3.05, 3.63) is 0 Å². The van der Waals surface area contributed by atoms with E-state index in [4.69, 9.17) is 0 Å². The Bertz CT molecular complexity index is 248. The molecule has 0 heterocycles. The molecule has 0 amide bonds. The number of hydrogen-bond donors (Lipinski definition) is 0. The molecule has 0 bridgehead atoms. The molecule has 1 rings (SSSR count). The number of rotatable bonds is 3. The Hall–Kier alpha value is -1.20. The van der Waals surface area contributed by atoms with Crippen molar-refractivity contribution in [2.75, 3.05) is 14.2 Å². The number of methoxy groups -OCH3 is 2. The fourth-order valence-corrected chi connectivity index (χ4v) is 1.51. The number of carbonyl (C=O) groups excluding carboxylic acids is 2. The van der Waals surface area contributed by atoms with E-state index >= 15 is 0 Å². The highest BCUT2D eigenvalue weighted by Gasteiger charge is 2.71. The fraction of sp³-hybridized carbons (Fsp3) is 0.750. The highest BCUT2D eigenvalue weighted by Crippen LogP contribution is 2.57. The number of alkyl halides is 2. The molecule has 14 heavy (non-hydrogen) atoms. The van der Waals surface area contributed by atoms with Crippen LogP contribution in [0.3, 0.4) is 0 Å². The topological polar surface area (TPSA) is 52.6 Å². The minimum Gasteiger partial charge on any atom is -0.468 e. The minimum absolute atomic E-state index is 0.204. The van der Waals surface area contributed by atoms with Gasteiger partial charge in [-0.3, -0.25) is 9.59 Å². The molecule has 1 atom stereocenters. The van der Waals surface area contributed by atoms with Gasteiger partial charge in [-0.25, -0.2) is 8.78 Å². The van der Waals surface area contributed by atoms with E-state index in [1.807, 2.05) is 0 Å². The first-order valence-electron chi connectivity index (χ1n) is 3.95. The van der Waals surface area contributed by atoms with Crippen LogP contribution in [0.15, 0.2) is 0 Å². The number of ether oxygens (including phenoxy) is 2. The highest BCUT2D eigenvalue weighted by atomic mass is 19.3. The lowest BCUT2D eigenvalue weighted by Gasteiger charge is -2.11. The summed E-state index contributed by atoms with van der Waals surface area (Å²) in [4.78, 5) is 22.3. The third-order valence-electron chi connectivity index (χ3n) is 2.42. The van der Waals surface area contributed by atoms with Crippen molar-refractivity contribution in [3.63, 3.8) is 0 Å². The van der Waals surface area contributed by atoms with E-state index in [0.29, 0.717) is 0 Å². The molecule has 0 radical (unpaired) electrons. The van der Waals surface area contributed by atoms with Gasteiger partial charge in [0.15, 0.2) is 5.41 Å². The highest BCUT2D eigenvalue weighted by molar-refractivity contribution is 6.03. The maximum atomic E-state index is 12.3. The molecule has 6 heteroatoms. The predicted molar refractivity (Wildman–Crippen MR) is 40.6 cm³/mol. The summed E-state index contributed by atoms with van der Waals surface area (Å²) in [5.74, 6) is -3.17. The van der Waals surface area contributed by atoms with Gasteiger partial charge in [-0.2, -0.15) is 0 Å². The van der Waals surface area contributed by atoms with Crippen LogP contribution in [-0.2, 0) is 19.1 Å². The predicted octanol–water partition coefficient (Wildman–Crippen LogP) is 0.604. The lowest BCUT2D eigenvalue weighted by molar-refractivity contribution is -0.163. The largest absolute Gasteiger partial charge is 0.468 e. The molecule has 4 nitrogen and oxygen atoms in total. The normalized spacial score (nSPS) is 23.1. The summed E-state index contributed by atoms with van der Waals surface area (Å²) in [5, 5.41) is 0. The Morgan fingerprint density at radius 1 is 1.29 bits per heavy atom. The van der Waals surface area contributed by atoms with Crippen LogP contribution in [0.2, 0.25) is 0 Å². The zero-order valence-corrected chi connectivity index (χ0v) is 7.75. The Kier molecular flexibility index (Phi) is 2.73. The summed E-state index contributed by atoms with van der Waals surface area (Å²) in [6, 6.07) is 0. The van der Waals surface area contributed by atoms with E-state index in [-0.39, 0.29) is 6.42 Å². The molecule has 1 aliphatic carbocycles. The first-order valence-corrected chi connectivity index (χ1v) is 3.95. The van der Waals surface area contributed by atoms with Gasteiger partial charge in [0, 0.05) is 5.92 Å². The molecule has 0 aromatic carbocycles. The van der Waals surface area contributed by atoms with Gasteiger partial charge in [-0.05, 0) is 6.42 Å². The minimum atomic E-state index is -2.71. The van der Waals surface area contributed by atoms with Gasteiger partial charge in [-0.15, -0.1) is 0 Å². The molecule has 1 fully saturated rings. The zero-order valence-electron chi connectivity index (χ0n) is 7.75. The van der Waals surface area contributed by atoms with Gasteiger partial charge >= 0.3 is 11.9 Å². The molecule has 0 aromatic heterocycles. The third kappa shape index (κ3) is 1.34. The fourth-order valence-electron chi connectivity index (χ4n) is 1.51. The van der Waals surface area contributed by atoms with Gasteiger partial charge in [0.25, 0.3) is 0 Å². The first kappa shape index (κ1) is 10.9. The summed E-state index contributed by atoms with van der Waals surface area (Å²) < 4.78 is 33.2. The van der Waals surface area contributed by atoms with Crippen LogP contribution in [0.5, 0.6) is 0 Å². The van der Waals surface area contributed by atoms with Gasteiger partial charge < -0.3 is 9.47 Å². The Labute approximate surface area is 79.2 Å². The molecule has 0 N–H and O–H groups in total. The summed E-state index contributed by atoms with van der Waals surface area (Å²) in [6.07, 6.45) is -2.92. The quantitative estimate of drug-likeness (QED) is 0.503. The summed E-state index contributed by atoms with van der Waals surface area (Å²) >= 11 is 0. The van der Waals surface area contributed by atoms with E-state index in [1.54, 1.807) is 0 Å². The molecule has 0 aliphatic heterocycles. The monoisotopic (exact) mass is 208 g/mol. The maximum absolute atomic E-state index is 12.3. The second-order valence-electron chi connectivity index (χ2n) is 3.10. The average molecular weight is 208 g/mol. The van der Waals surface area contributed by atoms with E-state index in [2.05, 4.69) is 9.47 Å². The van der Waals surface area contributed by atoms with Crippen LogP contribution in [0.1, 0.15) is 6.42 Å². The second-order valence-corrected chi connectivity index (χ2v) is 3.10. The molecule has 1 aliphatic rings. The maximum Gasteiger partial charge on any atom is 0.323 e. The molecule has 0 unspecified atom stereocenters. The van der Waals surface area contributed by atoms with Gasteiger partial charge in [0.1, 0.15) is 0 Å². The molecule has 80 valence electrons. The average Bonchev–Trinajstić information content (AvgIpc) is 2.91. The lowest BCUT2D eigenvalue weighted by atomic mass is 10.0. The van der Waals surface area contributed by atoms with Crippen LogP contribution in [0.25, 0.3) is 0 Å². The van der Waals surface area contributed by atoms with Gasteiger partial charge in [0.05, 0.1) is 14.2 Å². The van der Waals surface area contributed by atoms with Crippen LogP contribution in [0, 0.1) is 11.3 Å². The van der Waals surface area contributed by atoms with Gasteiger partial charge in [-0.1, -0.05) is 0 Å². The van der Waals surface area contributed by atoms with Crippen molar-refractivity contribution in [1.82, 2.24) is 0 Å². The van der Waals surface area contributed by atoms with Crippen molar-refractivity contribution < 1.29 is 27.8 Å². The van der Waals surface area contributed by atoms with E-state index in [9.17, 15) is 18.4 Å². The van der Waals surface area contributed by atoms with Gasteiger partial charge in [0.2, 0.25) is 6.43 Å². The molecular weight excluding hydrogens is 198 g/mol. The van der Waals surface area contributed by atoms with E-state index in [0.717, 1.165) is 14.2 Å². The van der Waals surface area contributed by atoms with Crippen LogP contribution >= 0.6 is 0 Å². The molecule has 0 saturated heterocycles. The number of hydrogen-bond acceptors (Lipinski definition) is 4. The third-order valence-corrected chi connectivity index (χ3v) is 2.42.